The molecular weight excluding hydrogens is 440 g/mol. The van der Waals surface area contributed by atoms with Gasteiger partial charge in [-0.25, -0.2) is 4.98 Å². The second-order valence-corrected chi connectivity index (χ2v) is 9.85. The fraction of sp³-hybridized carbons (Fsp3) is 0.435. The van der Waals surface area contributed by atoms with E-state index in [2.05, 4.69) is 55.2 Å². The largest absolute Gasteiger partial charge is 0.494 e. The van der Waals surface area contributed by atoms with Crippen LogP contribution in [0.1, 0.15) is 31.7 Å². The molecule has 1 fully saturated rings. The average Bonchev–Trinajstić information content (AvgIpc) is 3.26. The number of nitrogens with zero attached hydrogens (tertiary/aromatic N) is 4. The summed E-state index contributed by atoms with van der Waals surface area (Å²) >= 11 is 2.91. The zero-order chi connectivity index (χ0) is 22.0. The summed E-state index contributed by atoms with van der Waals surface area (Å²) < 4.78 is 9.15. The maximum Gasteiger partial charge on any atom is 0.217 e. The van der Waals surface area contributed by atoms with Crippen LogP contribution in [-0.2, 0) is 6.54 Å². The van der Waals surface area contributed by atoms with Crippen LogP contribution in [-0.4, -0.2) is 46.3 Å². The van der Waals surface area contributed by atoms with Crippen molar-refractivity contribution >= 4 is 33.5 Å². The molecule has 2 N–H and O–H groups in total. The summed E-state index contributed by atoms with van der Waals surface area (Å²) in [5.74, 6) is 1.75. The number of anilines is 2. The topological polar surface area (TPSA) is 75.2 Å². The molecule has 1 saturated heterocycles. The highest BCUT2D eigenvalue weighted by atomic mass is 32.2. The molecule has 1 unspecified atom stereocenters. The van der Waals surface area contributed by atoms with E-state index in [0.717, 1.165) is 46.5 Å². The van der Waals surface area contributed by atoms with E-state index in [1.807, 2.05) is 24.3 Å². The molecule has 0 radical (unpaired) electrons. The number of hydrogen-bond acceptors (Lipinski definition) is 9. The number of rotatable bonds is 11. The predicted molar refractivity (Wildman–Crippen MR) is 132 cm³/mol. The average molecular weight is 471 g/mol. The lowest BCUT2D eigenvalue weighted by atomic mass is 10.00. The molecule has 0 amide bonds. The monoisotopic (exact) mass is 470 g/mol. The van der Waals surface area contributed by atoms with Gasteiger partial charge >= 0.3 is 0 Å². The minimum absolute atomic E-state index is 0.663. The molecule has 0 aliphatic carbocycles. The first kappa shape index (κ1) is 22.8. The van der Waals surface area contributed by atoms with Crippen molar-refractivity contribution in [3.8, 4) is 5.75 Å². The first-order chi connectivity index (χ1) is 15.7. The van der Waals surface area contributed by atoms with Crippen molar-refractivity contribution in [3.63, 3.8) is 0 Å². The number of ether oxygens (including phenoxy) is 1. The van der Waals surface area contributed by atoms with E-state index in [-0.39, 0.29) is 0 Å². The Kier molecular flexibility index (Phi) is 8.58. The van der Waals surface area contributed by atoms with Crippen molar-refractivity contribution < 1.29 is 4.74 Å². The first-order valence-corrected chi connectivity index (χ1v) is 12.7. The Balaban J connectivity index is 1.13. The molecule has 0 saturated carbocycles. The van der Waals surface area contributed by atoms with Gasteiger partial charge in [-0.1, -0.05) is 36.5 Å². The molecule has 7 nitrogen and oxygen atoms in total. The quantitative estimate of drug-likeness (QED) is 0.294. The highest BCUT2D eigenvalue weighted by Crippen LogP contribution is 2.25. The van der Waals surface area contributed by atoms with Gasteiger partial charge in [0.2, 0.25) is 10.3 Å². The van der Waals surface area contributed by atoms with Gasteiger partial charge in [0, 0.05) is 37.8 Å². The van der Waals surface area contributed by atoms with Gasteiger partial charge in [-0.2, -0.15) is 0 Å². The molecule has 9 heteroatoms. The van der Waals surface area contributed by atoms with E-state index < -0.39 is 0 Å². The van der Waals surface area contributed by atoms with Crippen LogP contribution in [0.3, 0.4) is 0 Å². The van der Waals surface area contributed by atoms with E-state index >= 15 is 0 Å². The van der Waals surface area contributed by atoms with Gasteiger partial charge in [0.15, 0.2) is 0 Å². The van der Waals surface area contributed by atoms with Crippen LogP contribution in [0, 0.1) is 5.92 Å². The van der Waals surface area contributed by atoms with Crippen LogP contribution in [0.4, 0.5) is 10.3 Å². The standard InChI is InChI=1S/C23H30N6OS2/c1-18-7-5-13-29(16-18)17-19-8-4-9-20(15-19)30-14-6-12-25-22-26-27-23(31-22)28-32-21-10-2-3-11-24-21/h2-4,8-11,15,18H,5-7,12-14,16-17H2,1H3,(H,25,26)(H,27,28). The van der Waals surface area contributed by atoms with E-state index in [0.29, 0.717) is 6.61 Å². The van der Waals surface area contributed by atoms with Gasteiger partial charge in [0.1, 0.15) is 10.8 Å². The van der Waals surface area contributed by atoms with Gasteiger partial charge in [-0.3, -0.25) is 9.62 Å². The normalized spacial score (nSPS) is 16.6. The summed E-state index contributed by atoms with van der Waals surface area (Å²) in [6.07, 6.45) is 5.32. The van der Waals surface area contributed by atoms with Crippen molar-refractivity contribution in [2.75, 3.05) is 36.3 Å². The second kappa shape index (κ2) is 12.0. The van der Waals surface area contributed by atoms with Crippen LogP contribution in [0.25, 0.3) is 0 Å². The number of hydrogen-bond donors (Lipinski definition) is 2. The number of benzene rings is 1. The van der Waals surface area contributed by atoms with Crippen LogP contribution in [0.2, 0.25) is 0 Å². The minimum Gasteiger partial charge on any atom is -0.494 e. The van der Waals surface area contributed by atoms with Gasteiger partial charge in [-0.15, -0.1) is 10.2 Å². The highest BCUT2D eigenvalue weighted by Gasteiger charge is 2.16. The molecule has 2 aromatic heterocycles. The minimum atomic E-state index is 0.663. The van der Waals surface area contributed by atoms with E-state index in [1.54, 1.807) is 6.20 Å². The summed E-state index contributed by atoms with van der Waals surface area (Å²) in [7, 11) is 0. The molecule has 170 valence electrons. The lowest BCUT2D eigenvalue weighted by molar-refractivity contribution is 0.176. The van der Waals surface area contributed by atoms with Crippen LogP contribution < -0.4 is 14.8 Å². The number of likely N-dealkylation sites (tertiary alicyclic amines) is 1. The van der Waals surface area contributed by atoms with Gasteiger partial charge < -0.3 is 10.1 Å². The van der Waals surface area contributed by atoms with Gasteiger partial charge in [-0.05, 0) is 61.6 Å². The van der Waals surface area contributed by atoms with Crippen molar-refractivity contribution in [2.45, 2.75) is 37.8 Å². The molecule has 32 heavy (non-hydrogen) atoms. The van der Waals surface area contributed by atoms with E-state index in [4.69, 9.17) is 4.74 Å². The van der Waals surface area contributed by atoms with Crippen molar-refractivity contribution in [1.82, 2.24) is 20.1 Å². The number of piperidine rings is 1. The van der Waals surface area contributed by atoms with Crippen molar-refractivity contribution in [1.29, 1.82) is 0 Å². The molecule has 1 aliphatic heterocycles. The maximum atomic E-state index is 5.97. The summed E-state index contributed by atoms with van der Waals surface area (Å²) in [6, 6.07) is 14.3. The summed E-state index contributed by atoms with van der Waals surface area (Å²) in [6.45, 7) is 7.20. The molecule has 4 rings (SSSR count). The first-order valence-electron chi connectivity index (χ1n) is 11.1. The second-order valence-electron chi connectivity index (χ2n) is 8.04. The fourth-order valence-electron chi connectivity index (χ4n) is 3.72. The third-order valence-corrected chi connectivity index (χ3v) is 6.89. The molecule has 3 aromatic rings. The summed E-state index contributed by atoms with van der Waals surface area (Å²) in [5, 5.41) is 14.1. The third kappa shape index (κ3) is 7.36. The molecule has 1 aliphatic rings. The third-order valence-electron chi connectivity index (χ3n) is 5.22. The zero-order valence-electron chi connectivity index (χ0n) is 18.4. The van der Waals surface area contributed by atoms with E-state index in [9.17, 15) is 0 Å². The highest BCUT2D eigenvalue weighted by molar-refractivity contribution is 8.00. The molecular formula is C23H30N6OS2. The van der Waals surface area contributed by atoms with Crippen LogP contribution >= 0.6 is 23.3 Å². The molecule has 0 spiro atoms. The Hall–Kier alpha value is -2.36. The molecule has 3 heterocycles. The summed E-state index contributed by atoms with van der Waals surface area (Å²) in [5.41, 5.74) is 1.33. The molecule has 1 aromatic carbocycles. The van der Waals surface area contributed by atoms with Crippen molar-refractivity contribution in [3.05, 3.63) is 54.2 Å². The SMILES string of the molecule is CC1CCCN(Cc2cccc(OCCCNc3nnc(NSc4ccccn4)s3)c2)C1. The number of pyridine rings is 1. The van der Waals surface area contributed by atoms with Crippen molar-refractivity contribution in [2.24, 2.45) is 5.92 Å². The maximum absolute atomic E-state index is 5.97. The number of aromatic nitrogens is 3. The molecule has 1 atom stereocenters. The Bertz CT molecular complexity index is 954. The number of nitrogens with one attached hydrogen (secondary N) is 2. The van der Waals surface area contributed by atoms with Crippen LogP contribution in [0.5, 0.6) is 5.75 Å². The van der Waals surface area contributed by atoms with Gasteiger partial charge in [0.25, 0.3) is 0 Å². The Morgan fingerprint density at radius 3 is 3.00 bits per heavy atom. The zero-order valence-corrected chi connectivity index (χ0v) is 20.0. The van der Waals surface area contributed by atoms with Gasteiger partial charge in [0.05, 0.1) is 6.61 Å². The smallest absolute Gasteiger partial charge is 0.217 e. The summed E-state index contributed by atoms with van der Waals surface area (Å²) in [4.78, 5) is 6.81. The Morgan fingerprint density at radius 2 is 2.12 bits per heavy atom. The van der Waals surface area contributed by atoms with Crippen LogP contribution in [0.15, 0.2) is 53.7 Å². The lowest BCUT2D eigenvalue weighted by Gasteiger charge is -2.30. The Labute approximate surface area is 198 Å². The lowest BCUT2D eigenvalue weighted by Crippen LogP contribution is -2.33. The fourth-order valence-corrected chi connectivity index (χ4v) is 5.02. The molecule has 0 bridgehead atoms. The Morgan fingerprint density at radius 1 is 1.19 bits per heavy atom. The predicted octanol–water partition coefficient (Wildman–Crippen LogP) is 5.17. The van der Waals surface area contributed by atoms with E-state index in [1.165, 1.54) is 54.8 Å².